The van der Waals surface area contributed by atoms with Gasteiger partial charge in [0.15, 0.2) is 0 Å². The summed E-state index contributed by atoms with van der Waals surface area (Å²) in [6, 6.07) is 8.90. The van der Waals surface area contributed by atoms with Gasteiger partial charge in [0.05, 0.1) is 17.4 Å². The zero-order chi connectivity index (χ0) is 17.8. The second-order valence-electron chi connectivity index (χ2n) is 6.48. The maximum atomic E-state index is 12.4. The van der Waals surface area contributed by atoms with E-state index in [4.69, 9.17) is 16.0 Å². The fourth-order valence-electron chi connectivity index (χ4n) is 3.13. The lowest BCUT2D eigenvalue weighted by Gasteiger charge is -2.30. The van der Waals surface area contributed by atoms with E-state index in [1.165, 1.54) is 19.3 Å². The van der Waals surface area contributed by atoms with Crippen molar-refractivity contribution in [3.05, 3.63) is 46.9 Å². The molecule has 2 amide bonds. The van der Waals surface area contributed by atoms with Gasteiger partial charge in [-0.1, -0.05) is 11.6 Å². The molecule has 5 nitrogen and oxygen atoms in total. The number of urea groups is 1. The molecule has 6 heteroatoms. The van der Waals surface area contributed by atoms with E-state index in [0.29, 0.717) is 5.02 Å². The monoisotopic (exact) mass is 361 g/mol. The number of nitrogens with one attached hydrogen (secondary N) is 2. The van der Waals surface area contributed by atoms with E-state index >= 15 is 0 Å². The van der Waals surface area contributed by atoms with Gasteiger partial charge in [-0.2, -0.15) is 0 Å². The molecule has 1 atom stereocenters. The Balaban J connectivity index is 1.70. The van der Waals surface area contributed by atoms with E-state index in [1.807, 2.05) is 38.1 Å². The van der Waals surface area contributed by atoms with Crippen molar-refractivity contribution in [2.75, 3.05) is 23.3 Å². The molecular formula is C19H24ClN3O2. The second kappa shape index (κ2) is 7.83. The first-order chi connectivity index (χ1) is 12.0. The van der Waals surface area contributed by atoms with Gasteiger partial charge in [-0.05, 0) is 63.4 Å². The van der Waals surface area contributed by atoms with Crippen molar-refractivity contribution in [3.63, 3.8) is 0 Å². The minimum absolute atomic E-state index is 0.216. The highest BCUT2D eigenvalue weighted by Crippen LogP contribution is 2.31. The number of amides is 2. The van der Waals surface area contributed by atoms with Gasteiger partial charge in [-0.25, -0.2) is 4.79 Å². The first-order valence-electron chi connectivity index (χ1n) is 8.71. The molecule has 1 aliphatic rings. The molecule has 134 valence electrons. The molecule has 2 N–H and O–H groups in total. The molecule has 25 heavy (non-hydrogen) atoms. The SMILES string of the molecule is Cc1ccc(C(C)NC(=O)Nc2cc(Cl)ccc2N2CCCCC2)o1. The molecule has 3 rings (SSSR count). The van der Waals surface area contributed by atoms with Crippen LogP contribution in [-0.4, -0.2) is 19.1 Å². The van der Waals surface area contributed by atoms with Crippen LogP contribution in [-0.2, 0) is 0 Å². The van der Waals surface area contributed by atoms with Crippen LogP contribution in [0, 0.1) is 6.92 Å². The van der Waals surface area contributed by atoms with Crippen molar-refractivity contribution in [2.45, 2.75) is 39.2 Å². The van der Waals surface area contributed by atoms with Gasteiger partial charge in [0.25, 0.3) is 0 Å². The van der Waals surface area contributed by atoms with Crippen molar-refractivity contribution in [1.29, 1.82) is 0 Å². The Morgan fingerprint density at radius 3 is 2.64 bits per heavy atom. The van der Waals surface area contributed by atoms with Crippen LogP contribution >= 0.6 is 11.6 Å². The van der Waals surface area contributed by atoms with E-state index < -0.39 is 0 Å². The number of rotatable bonds is 4. The first kappa shape index (κ1) is 17.7. The number of furan rings is 1. The summed E-state index contributed by atoms with van der Waals surface area (Å²) in [5.41, 5.74) is 1.75. The topological polar surface area (TPSA) is 57.5 Å². The van der Waals surface area contributed by atoms with Gasteiger partial charge >= 0.3 is 6.03 Å². The fraction of sp³-hybridized carbons (Fsp3) is 0.421. The van der Waals surface area contributed by atoms with Crippen molar-refractivity contribution < 1.29 is 9.21 Å². The minimum Gasteiger partial charge on any atom is -0.464 e. The molecule has 1 aliphatic heterocycles. The summed E-state index contributed by atoms with van der Waals surface area (Å²) in [6.07, 6.45) is 3.60. The van der Waals surface area contributed by atoms with Crippen molar-refractivity contribution in [1.82, 2.24) is 5.32 Å². The number of hydrogen-bond donors (Lipinski definition) is 2. The summed E-state index contributed by atoms with van der Waals surface area (Å²) in [6.45, 7) is 5.77. The van der Waals surface area contributed by atoms with Gasteiger partial charge in [-0.15, -0.1) is 0 Å². The van der Waals surface area contributed by atoms with Gasteiger partial charge < -0.3 is 20.0 Å². The summed E-state index contributed by atoms with van der Waals surface area (Å²) < 4.78 is 5.56. The molecule has 2 heterocycles. The molecule has 1 fully saturated rings. The Labute approximate surface area is 153 Å². The van der Waals surface area contributed by atoms with E-state index in [1.54, 1.807) is 6.07 Å². The second-order valence-corrected chi connectivity index (χ2v) is 6.91. The lowest BCUT2D eigenvalue weighted by Crippen LogP contribution is -2.33. The Kier molecular flexibility index (Phi) is 5.53. The smallest absolute Gasteiger partial charge is 0.319 e. The largest absolute Gasteiger partial charge is 0.464 e. The zero-order valence-corrected chi connectivity index (χ0v) is 15.4. The highest BCUT2D eigenvalue weighted by molar-refractivity contribution is 6.31. The van der Waals surface area contributed by atoms with Crippen LogP contribution in [0.4, 0.5) is 16.2 Å². The molecule has 0 spiro atoms. The lowest BCUT2D eigenvalue weighted by molar-refractivity contribution is 0.247. The van der Waals surface area contributed by atoms with Crippen LogP contribution in [0.2, 0.25) is 5.02 Å². The average molecular weight is 362 g/mol. The summed E-state index contributed by atoms with van der Waals surface area (Å²) >= 11 is 6.14. The predicted molar refractivity (Wildman–Crippen MR) is 102 cm³/mol. The number of carbonyl (C=O) groups is 1. The zero-order valence-electron chi connectivity index (χ0n) is 14.6. The van der Waals surface area contributed by atoms with E-state index in [-0.39, 0.29) is 12.1 Å². The van der Waals surface area contributed by atoms with Gasteiger partial charge in [0.1, 0.15) is 11.5 Å². The highest BCUT2D eigenvalue weighted by atomic mass is 35.5. The van der Waals surface area contributed by atoms with E-state index in [9.17, 15) is 4.79 Å². The molecule has 1 aromatic heterocycles. The third-order valence-corrected chi connectivity index (χ3v) is 4.67. The van der Waals surface area contributed by atoms with Crippen LogP contribution in [0.15, 0.2) is 34.7 Å². The standard InChI is InChI=1S/C19H24ClN3O2/c1-13-6-9-18(25-13)14(2)21-19(24)22-16-12-15(20)7-8-17(16)23-10-4-3-5-11-23/h6-9,12,14H,3-5,10-11H2,1-2H3,(H2,21,22,24). The maximum absolute atomic E-state index is 12.4. The Morgan fingerprint density at radius 2 is 1.96 bits per heavy atom. The molecule has 1 aromatic carbocycles. The molecule has 1 saturated heterocycles. The molecular weight excluding hydrogens is 338 g/mol. The van der Waals surface area contributed by atoms with Crippen LogP contribution in [0.3, 0.4) is 0 Å². The van der Waals surface area contributed by atoms with E-state index in [0.717, 1.165) is 36.0 Å². The summed E-state index contributed by atoms with van der Waals surface area (Å²) in [5.74, 6) is 1.56. The van der Waals surface area contributed by atoms with Crippen molar-refractivity contribution in [2.24, 2.45) is 0 Å². The number of aryl methyl sites for hydroxylation is 1. The molecule has 0 saturated carbocycles. The number of carbonyl (C=O) groups excluding carboxylic acids is 1. The van der Waals surface area contributed by atoms with Crippen molar-refractivity contribution in [3.8, 4) is 0 Å². The van der Waals surface area contributed by atoms with Crippen molar-refractivity contribution >= 4 is 29.0 Å². The summed E-state index contributed by atoms with van der Waals surface area (Å²) in [5, 5.41) is 6.44. The van der Waals surface area contributed by atoms with Crippen LogP contribution in [0.1, 0.15) is 43.7 Å². The predicted octanol–water partition coefficient (Wildman–Crippen LogP) is 5.11. The van der Waals surface area contributed by atoms with Gasteiger partial charge in [0, 0.05) is 18.1 Å². The number of benzene rings is 1. The number of halogens is 1. The molecule has 0 aliphatic carbocycles. The average Bonchev–Trinajstić information content (AvgIpc) is 3.02. The van der Waals surface area contributed by atoms with Crippen LogP contribution in [0.25, 0.3) is 0 Å². The quantitative estimate of drug-likeness (QED) is 0.795. The maximum Gasteiger partial charge on any atom is 0.319 e. The number of nitrogens with zero attached hydrogens (tertiary/aromatic N) is 1. The minimum atomic E-state index is -0.276. The molecule has 1 unspecified atom stereocenters. The Bertz CT molecular complexity index is 738. The number of piperidine rings is 1. The Morgan fingerprint density at radius 1 is 1.20 bits per heavy atom. The first-order valence-corrected chi connectivity index (χ1v) is 9.09. The molecule has 0 radical (unpaired) electrons. The van der Waals surface area contributed by atoms with Gasteiger partial charge in [0.2, 0.25) is 0 Å². The number of hydrogen-bond acceptors (Lipinski definition) is 3. The third kappa shape index (κ3) is 4.48. The number of anilines is 2. The summed E-state index contributed by atoms with van der Waals surface area (Å²) in [7, 11) is 0. The fourth-order valence-corrected chi connectivity index (χ4v) is 3.30. The lowest BCUT2D eigenvalue weighted by atomic mass is 10.1. The Hall–Kier alpha value is -2.14. The third-order valence-electron chi connectivity index (χ3n) is 4.44. The molecule has 0 bridgehead atoms. The highest BCUT2D eigenvalue weighted by Gasteiger charge is 2.18. The normalized spacial score (nSPS) is 15.7. The molecule has 2 aromatic rings. The van der Waals surface area contributed by atoms with Crippen LogP contribution in [0.5, 0.6) is 0 Å². The van der Waals surface area contributed by atoms with Crippen LogP contribution < -0.4 is 15.5 Å². The van der Waals surface area contributed by atoms with E-state index in [2.05, 4.69) is 15.5 Å². The van der Waals surface area contributed by atoms with Gasteiger partial charge in [-0.3, -0.25) is 0 Å². The summed E-state index contributed by atoms with van der Waals surface area (Å²) in [4.78, 5) is 14.7.